The van der Waals surface area contributed by atoms with Crippen LogP contribution < -0.4 is 15.4 Å². The average molecular weight is 370 g/mol. The summed E-state index contributed by atoms with van der Waals surface area (Å²) in [6, 6.07) is 8.75. The van der Waals surface area contributed by atoms with Gasteiger partial charge in [-0.3, -0.25) is 9.59 Å². The van der Waals surface area contributed by atoms with Gasteiger partial charge in [0.25, 0.3) is 5.91 Å². The Kier molecular flexibility index (Phi) is 5.21. The third-order valence-corrected chi connectivity index (χ3v) is 4.25. The molecule has 1 atom stereocenters. The van der Waals surface area contributed by atoms with Gasteiger partial charge in [-0.25, -0.2) is 0 Å². The molecule has 2 heterocycles. The molecule has 0 spiro atoms. The van der Waals surface area contributed by atoms with E-state index in [1.54, 1.807) is 27.0 Å². The highest BCUT2D eigenvalue weighted by atomic mass is 16.5. The summed E-state index contributed by atoms with van der Waals surface area (Å²) in [5.74, 6) is 1.75. The van der Waals surface area contributed by atoms with Crippen LogP contribution in [0.4, 0.5) is 0 Å². The normalized spacial score (nSPS) is 12.0. The minimum absolute atomic E-state index is 0.142. The predicted octanol–water partition coefficient (Wildman–Crippen LogP) is 3.26. The van der Waals surface area contributed by atoms with Crippen LogP contribution in [0.1, 0.15) is 40.6 Å². The zero-order valence-corrected chi connectivity index (χ0v) is 15.7. The van der Waals surface area contributed by atoms with E-state index in [1.807, 2.05) is 31.2 Å². The standard InChI is InChI=1S/C20H22N2O5/c1-11-8-15(13(3)26-11)20(24)21-10-18(23)22-12(2)17-9-14-6-5-7-16(25-4)19(14)27-17/h5-9,12H,10H2,1-4H3,(H,21,24)(H,22,23). The fourth-order valence-corrected chi connectivity index (χ4v) is 2.91. The Bertz CT molecular complexity index is 986. The van der Waals surface area contributed by atoms with E-state index in [1.165, 1.54) is 0 Å². The summed E-state index contributed by atoms with van der Waals surface area (Å²) < 4.78 is 16.4. The van der Waals surface area contributed by atoms with Crippen molar-refractivity contribution < 1.29 is 23.2 Å². The molecule has 0 aliphatic heterocycles. The van der Waals surface area contributed by atoms with E-state index in [-0.39, 0.29) is 24.4 Å². The lowest BCUT2D eigenvalue weighted by Gasteiger charge is -2.12. The summed E-state index contributed by atoms with van der Waals surface area (Å²) in [6.45, 7) is 5.14. The van der Waals surface area contributed by atoms with Crippen LogP contribution in [0.3, 0.4) is 0 Å². The Balaban J connectivity index is 1.60. The van der Waals surface area contributed by atoms with Crippen molar-refractivity contribution in [2.75, 3.05) is 13.7 Å². The fourth-order valence-electron chi connectivity index (χ4n) is 2.91. The molecule has 2 aromatic heterocycles. The van der Waals surface area contributed by atoms with Crippen molar-refractivity contribution in [3.05, 3.63) is 53.2 Å². The van der Waals surface area contributed by atoms with Gasteiger partial charge in [-0.2, -0.15) is 0 Å². The van der Waals surface area contributed by atoms with Crippen LogP contribution in [0.15, 0.2) is 39.2 Å². The lowest BCUT2D eigenvalue weighted by atomic mass is 10.2. The molecule has 27 heavy (non-hydrogen) atoms. The third kappa shape index (κ3) is 3.97. The minimum Gasteiger partial charge on any atom is -0.493 e. The number of hydrogen-bond acceptors (Lipinski definition) is 5. The number of benzene rings is 1. The second kappa shape index (κ2) is 7.57. The van der Waals surface area contributed by atoms with E-state index in [0.29, 0.717) is 34.2 Å². The van der Waals surface area contributed by atoms with Crippen molar-refractivity contribution >= 4 is 22.8 Å². The zero-order chi connectivity index (χ0) is 19.6. The van der Waals surface area contributed by atoms with Gasteiger partial charge in [0.2, 0.25) is 5.91 Å². The molecule has 0 bridgehead atoms. The van der Waals surface area contributed by atoms with Crippen molar-refractivity contribution in [3.63, 3.8) is 0 Å². The summed E-state index contributed by atoms with van der Waals surface area (Å²) in [6.07, 6.45) is 0. The van der Waals surface area contributed by atoms with Crippen LogP contribution >= 0.6 is 0 Å². The molecule has 2 amide bonds. The van der Waals surface area contributed by atoms with Crippen molar-refractivity contribution in [1.82, 2.24) is 10.6 Å². The number of para-hydroxylation sites is 1. The first-order valence-electron chi connectivity index (χ1n) is 8.60. The molecule has 2 N–H and O–H groups in total. The molecule has 0 saturated heterocycles. The van der Waals surface area contributed by atoms with Crippen molar-refractivity contribution in [2.24, 2.45) is 0 Å². The second-order valence-electron chi connectivity index (χ2n) is 6.33. The zero-order valence-electron chi connectivity index (χ0n) is 15.7. The number of ether oxygens (including phenoxy) is 1. The molecule has 0 fully saturated rings. The number of amides is 2. The Morgan fingerprint density at radius 3 is 2.63 bits per heavy atom. The van der Waals surface area contributed by atoms with Gasteiger partial charge in [-0.1, -0.05) is 12.1 Å². The molecule has 7 nitrogen and oxygen atoms in total. The van der Waals surface area contributed by atoms with Gasteiger partial charge >= 0.3 is 0 Å². The fraction of sp³-hybridized carbons (Fsp3) is 0.300. The van der Waals surface area contributed by atoms with Crippen LogP contribution in [-0.4, -0.2) is 25.5 Å². The third-order valence-electron chi connectivity index (χ3n) is 4.25. The quantitative estimate of drug-likeness (QED) is 0.695. The van der Waals surface area contributed by atoms with Crippen LogP contribution in [-0.2, 0) is 4.79 Å². The molecule has 0 aliphatic carbocycles. The summed E-state index contributed by atoms with van der Waals surface area (Å²) in [5, 5.41) is 6.30. The summed E-state index contributed by atoms with van der Waals surface area (Å²) >= 11 is 0. The maximum atomic E-state index is 12.2. The first-order valence-corrected chi connectivity index (χ1v) is 8.60. The molecule has 0 radical (unpaired) electrons. The van der Waals surface area contributed by atoms with Gasteiger partial charge in [0.05, 0.1) is 25.3 Å². The Morgan fingerprint density at radius 2 is 1.96 bits per heavy atom. The second-order valence-corrected chi connectivity index (χ2v) is 6.33. The number of carbonyl (C=O) groups is 2. The predicted molar refractivity (Wildman–Crippen MR) is 99.8 cm³/mol. The van der Waals surface area contributed by atoms with Crippen molar-refractivity contribution in [2.45, 2.75) is 26.8 Å². The number of rotatable bonds is 6. The highest BCUT2D eigenvalue weighted by molar-refractivity contribution is 5.97. The summed E-state index contributed by atoms with van der Waals surface area (Å²) in [4.78, 5) is 24.3. The molecule has 0 saturated carbocycles. The lowest BCUT2D eigenvalue weighted by Crippen LogP contribution is -2.38. The number of furan rings is 2. The number of fused-ring (bicyclic) bond motifs is 1. The van der Waals surface area contributed by atoms with Crippen LogP contribution in [0.25, 0.3) is 11.0 Å². The van der Waals surface area contributed by atoms with Gasteiger partial charge in [-0.15, -0.1) is 0 Å². The Hall–Kier alpha value is -3.22. The van der Waals surface area contributed by atoms with E-state index in [2.05, 4.69) is 10.6 Å². The highest BCUT2D eigenvalue weighted by Crippen LogP contribution is 2.30. The highest BCUT2D eigenvalue weighted by Gasteiger charge is 2.18. The molecular weight excluding hydrogens is 348 g/mol. The Labute approximate surface area is 156 Å². The molecule has 0 aliphatic rings. The summed E-state index contributed by atoms with van der Waals surface area (Å²) in [5.41, 5.74) is 1.06. The molecular formula is C20H22N2O5. The smallest absolute Gasteiger partial charge is 0.255 e. The molecule has 1 aromatic carbocycles. The maximum Gasteiger partial charge on any atom is 0.255 e. The van der Waals surface area contributed by atoms with E-state index in [0.717, 1.165) is 5.39 Å². The van der Waals surface area contributed by atoms with E-state index < -0.39 is 0 Å². The van der Waals surface area contributed by atoms with Gasteiger partial charge in [0.15, 0.2) is 11.3 Å². The molecule has 1 unspecified atom stereocenters. The van der Waals surface area contributed by atoms with Crippen molar-refractivity contribution in [3.8, 4) is 5.75 Å². The van der Waals surface area contributed by atoms with Crippen LogP contribution in [0.5, 0.6) is 5.75 Å². The summed E-state index contributed by atoms with van der Waals surface area (Å²) in [7, 11) is 1.58. The number of methoxy groups -OCH3 is 1. The van der Waals surface area contributed by atoms with Gasteiger partial charge in [-0.05, 0) is 39.0 Å². The maximum absolute atomic E-state index is 12.2. The van der Waals surface area contributed by atoms with E-state index >= 15 is 0 Å². The number of aryl methyl sites for hydroxylation is 2. The number of nitrogens with one attached hydrogen (secondary N) is 2. The molecule has 3 aromatic rings. The minimum atomic E-state index is -0.357. The van der Waals surface area contributed by atoms with Crippen LogP contribution in [0, 0.1) is 13.8 Å². The molecule has 142 valence electrons. The van der Waals surface area contributed by atoms with Gasteiger partial charge < -0.3 is 24.2 Å². The first kappa shape index (κ1) is 18.6. The first-order chi connectivity index (χ1) is 12.9. The number of carbonyl (C=O) groups excluding carboxylic acids is 2. The Morgan fingerprint density at radius 1 is 1.19 bits per heavy atom. The topological polar surface area (TPSA) is 93.7 Å². The average Bonchev–Trinajstić information content (AvgIpc) is 3.22. The molecule has 3 rings (SSSR count). The van der Waals surface area contributed by atoms with Gasteiger partial charge in [0.1, 0.15) is 17.3 Å². The largest absolute Gasteiger partial charge is 0.493 e. The van der Waals surface area contributed by atoms with Crippen LogP contribution in [0.2, 0.25) is 0 Å². The van der Waals surface area contributed by atoms with E-state index in [4.69, 9.17) is 13.6 Å². The van der Waals surface area contributed by atoms with Crippen molar-refractivity contribution in [1.29, 1.82) is 0 Å². The lowest BCUT2D eigenvalue weighted by molar-refractivity contribution is -0.120. The SMILES string of the molecule is COc1cccc2cc(C(C)NC(=O)CNC(=O)c3cc(C)oc3C)oc12. The monoisotopic (exact) mass is 370 g/mol. The number of hydrogen-bond donors (Lipinski definition) is 2. The van der Waals surface area contributed by atoms with E-state index in [9.17, 15) is 9.59 Å². The van der Waals surface area contributed by atoms with Gasteiger partial charge in [0, 0.05) is 5.39 Å². The molecule has 7 heteroatoms.